The van der Waals surface area contributed by atoms with E-state index in [4.69, 9.17) is 18.6 Å². The van der Waals surface area contributed by atoms with E-state index in [0.717, 1.165) is 13.1 Å². The summed E-state index contributed by atoms with van der Waals surface area (Å²) in [6.07, 6.45) is 2.28. The van der Waals surface area contributed by atoms with Crippen molar-refractivity contribution in [1.82, 2.24) is 4.90 Å². The van der Waals surface area contributed by atoms with Gasteiger partial charge in [0, 0.05) is 29.7 Å². The second-order valence-electron chi connectivity index (χ2n) is 7.03. The van der Waals surface area contributed by atoms with Gasteiger partial charge in [-0.1, -0.05) is 51.1 Å². The Bertz CT molecular complexity index is 738. The molecule has 1 aromatic heterocycles. The summed E-state index contributed by atoms with van der Waals surface area (Å²) >= 11 is 0. The Labute approximate surface area is 162 Å². The SMILES string of the molecule is CCN(CC)C1C2c3ccccc3C(C1C)[n+]1ccccc12.[O-][Cl+3]([O-])([O-])[O-]. The fraction of sp³-hybridized carbons (Fsp3) is 0.450. The normalized spacial score (nSPS) is 25.5. The van der Waals surface area contributed by atoms with Gasteiger partial charge in [-0.3, -0.25) is 4.90 Å². The second-order valence-corrected chi connectivity index (χ2v) is 7.79. The highest BCUT2D eigenvalue weighted by molar-refractivity contribution is 5.43. The number of hydrogen-bond donors (Lipinski definition) is 0. The zero-order valence-electron chi connectivity index (χ0n) is 15.7. The number of rotatable bonds is 3. The van der Waals surface area contributed by atoms with Gasteiger partial charge in [0.1, 0.15) is 0 Å². The number of aromatic nitrogens is 1. The van der Waals surface area contributed by atoms with E-state index in [1.54, 1.807) is 5.56 Å². The molecule has 7 heteroatoms. The van der Waals surface area contributed by atoms with Crippen LogP contribution in [-0.4, -0.2) is 24.0 Å². The summed E-state index contributed by atoms with van der Waals surface area (Å²) in [5, 5.41) is 0. The number of halogens is 1. The van der Waals surface area contributed by atoms with Crippen LogP contribution in [0.3, 0.4) is 0 Å². The summed E-state index contributed by atoms with van der Waals surface area (Å²) < 4.78 is 36.5. The number of fused-ring (bicyclic) bond motifs is 1. The summed E-state index contributed by atoms with van der Waals surface area (Å²) in [5.41, 5.74) is 4.57. The monoisotopic (exact) mass is 392 g/mol. The van der Waals surface area contributed by atoms with Gasteiger partial charge in [0.25, 0.3) is 0 Å². The third kappa shape index (κ3) is 3.87. The van der Waals surface area contributed by atoms with Gasteiger partial charge in [-0.15, -0.1) is 10.2 Å². The van der Waals surface area contributed by atoms with Crippen molar-refractivity contribution in [2.75, 3.05) is 13.1 Å². The van der Waals surface area contributed by atoms with Crippen LogP contribution >= 0.6 is 0 Å². The molecule has 1 aliphatic carbocycles. The highest BCUT2D eigenvalue weighted by atomic mass is 35.7. The first-order valence-electron chi connectivity index (χ1n) is 9.22. The minimum Gasteiger partial charge on any atom is -0.299 e. The molecule has 0 fully saturated rings. The van der Waals surface area contributed by atoms with Gasteiger partial charge in [0.2, 0.25) is 0 Å². The molecule has 3 aliphatic rings. The summed E-state index contributed by atoms with van der Waals surface area (Å²) in [6, 6.07) is 16.9. The number of pyridine rings is 1. The van der Waals surface area contributed by atoms with Crippen LogP contribution in [0, 0.1) is 16.2 Å². The molecule has 0 saturated heterocycles. The van der Waals surface area contributed by atoms with Crippen LogP contribution in [0.4, 0.5) is 0 Å². The van der Waals surface area contributed by atoms with Gasteiger partial charge in [-0.05, 0) is 18.7 Å². The highest BCUT2D eigenvalue weighted by Gasteiger charge is 2.54. The summed E-state index contributed by atoms with van der Waals surface area (Å²) in [6.45, 7) is 9.29. The molecule has 6 nitrogen and oxygen atoms in total. The molecule has 4 unspecified atom stereocenters. The summed E-state index contributed by atoms with van der Waals surface area (Å²) in [7, 11) is -4.94. The maximum Gasteiger partial charge on any atom is 0.191 e. The molecule has 4 atom stereocenters. The van der Waals surface area contributed by atoms with Crippen LogP contribution in [-0.2, 0) is 0 Å². The largest absolute Gasteiger partial charge is 0.299 e. The molecular weight excluding hydrogens is 368 g/mol. The topological polar surface area (TPSA) is 99.4 Å². The first-order valence-corrected chi connectivity index (χ1v) is 10.5. The Morgan fingerprint density at radius 1 is 0.926 bits per heavy atom. The lowest BCUT2D eigenvalue weighted by Gasteiger charge is -2.48. The van der Waals surface area contributed by atoms with E-state index in [9.17, 15) is 0 Å². The van der Waals surface area contributed by atoms with Crippen molar-refractivity contribution in [2.45, 2.75) is 38.8 Å². The third-order valence-electron chi connectivity index (χ3n) is 5.80. The minimum atomic E-state index is -4.94. The Balaban J connectivity index is 0.000000376. The fourth-order valence-corrected chi connectivity index (χ4v) is 4.93. The average molecular weight is 393 g/mol. The van der Waals surface area contributed by atoms with Crippen LogP contribution in [0.15, 0.2) is 48.7 Å². The van der Waals surface area contributed by atoms with E-state index in [-0.39, 0.29) is 0 Å². The molecule has 146 valence electrons. The third-order valence-corrected chi connectivity index (χ3v) is 5.80. The lowest BCUT2D eigenvalue weighted by Crippen LogP contribution is -2.68. The van der Waals surface area contributed by atoms with Crippen LogP contribution in [0.2, 0.25) is 0 Å². The van der Waals surface area contributed by atoms with Crippen molar-refractivity contribution >= 4 is 0 Å². The van der Waals surface area contributed by atoms with Crippen LogP contribution in [0.1, 0.15) is 49.6 Å². The molecule has 0 amide bonds. The molecule has 27 heavy (non-hydrogen) atoms. The summed E-state index contributed by atoms with van der Waals surface area (Å²) in [5.74, 6) is 1.14. The van der Waals surface area contributed by atoms with Crippen molar-refractivity contribution in [1.29, 1.82) is 0 Å². The van der Waals surface area contributed by atoms with Crippen molar-refractivity contribution in [3.05, 3.63) is 65.5 Å². The van der Waals surface area contributed by atoms with Gasteiger partial charge < -0.3 is 0 Å². The van der Waals surface area contributed by atoms with Crippen molar-refractivity contribution in [3.8, 4) is 0 Å². The molecule has 1 aromatic carbocycles. The molecule has 3 heterocycles. The van der Waals surface area contributed by atoms with Gasteiger partial charge >= 0.3 is 0 Å². The van der Waals surface area contributed by atoms with E-state index in [0.29, 0.717) is 23.9 Å². The molecule has 2 aromatic rings. The van der Waals surface area contributed by atoms with E-state index >= 15 is 0 Å². The smallest absolute Gasteiger partial charge is 0.191 e. The maximum absolute atomic E-state index is 8.49. The molecule has 0 radical (unpaired) electrons. The Morgan fingerprint density at radius 3 is 2.07 bits per heavy atom. The van der Waals surface area contributed by atoms with Gasteiger partial charge in [-0.2, -0.15) is 4.57 Å². The van der Waals surface area contributed by atoms with Crippen molar-refractivity contribution in [3.63, 3.8) is 0 Å². The van der Waals surface area contributed by atoms with Crippen LogP contribution in [0.5, 0.6) is 0 Å². The van der Waals surface area contributed by atoms with E-state index < -0.39 is 10.2 Å². The fourth-order valence-electron chi connectivity index (χ4n) is 4.93. The predicted molar refractivity (Wildman–Crippen MR) is 88.9 cm³/mol. The highest BCUT2D eigenvalue weighted by Crippen LogP contribution is 2.49. The Morgan fingerprint density at radius 2 is 1.48 bits per heavy atom. The maximum atomic E-state index is 8.49. The zero-order chi connectivity index (χ0) is 19.8. The number of hydrogen-bond acceptors (Lipinski definition) is 5. The summed E-state index contributed by atoms with van der Waals surface area (Å²) in [4.78, 5) is 2.66. The lowest BCUT2D eigenvalue weighted by atomic mass is 9.65. The lowest BCUT2D eigenvalue weighted by molar-refractivity contribution is -2.00. The predicted octanol–water partition coefficient (Wildman–Crippen LogP) is -1.39. The van der Waals surface area contributed by atoms with Gasteiger partial charge in [0.05, 0.1) is 5.92 Å². The van der Waals surface area contributed by atoms with Gasteiger partial charge in [0.15, 0.2) is 17.9 Å². The minimum absolute atomic E-state index is 0.475. The molecular formula is C20H25ClN2O4. The average Bonchev–Trinajstić information content (AvgIpc) is 2.62. The first kappa shape index (κ1) is 20.2. The molecule has 5 rings (SSSR count). The van der Waals surface area contributed by atoms with E-state index in [1.807, 2.05) is 0 Å². The van der Waals surface area contributed by atoms with Gasteiger partial charge in [-0.25, -0.2) is 18.6 Å². The number of benzene rings is 1. The van der Waals surface area contributed by atoms with E-state index in [1.165, 1.54) is 11.3 Å². The molecule has 2 aliphatic heterocycles. The Kier molecular flexibility index (Phi) is 5.86. The van der Waals surface area contributed by atoms with Crippen LogP contribution < -0.4 is 23.2 Å². The van der Waals surface area contributed by atoms with Crippen molar-refractivity contribution < 1.29 is 33.4 Å². The Hall–Kier alpha value is -1.54. The van der Waals surface area contributed by atoms with Crippen molar-refractivity contribution in [2.24, 2.45) is 5.92 Å². The quantitative estimate of drug-likeness (QED) is 0.599. The standard InChI is InChI=1S/C20H25N2.ClHO4/c1-4-21(5-2)20-14(3)19-16-11-7-6-10-15(16)18(20)17-12-8-9-13-22(17)19;2-1(3,4)5/h6-14,18-20H,4-5H2,1-3H3;(H,2,3,4,5)/q+1;/p-1. The number of likely N-dealkylation sites (N-methyl/N-ethyl adjacent to an activating group) is 1. The molecule has 2 bridgehead atoms. The molecule has 0 N–H and O–H groups in total. The second kappa shape index (κ2) is 7.83. The number of nitrogens with zero attached hydrogens (tertiary/aromatic N) is 2. The van der Waals surface area contributed by atoms with E-state index in [2.05, 4.69) is 78.9 Å². The molecule has 0 spiro atoms. The first-order chi connectivity index (χ1) is 12.8. The van der Waals surface area contributed by atoms with Crippen LogP contribution in [0.25, 0.3) is 0 Å². The molecule has 0 saturated carbocycles. The zero-order valence-corrected chi connectivity index (χ0v) is 16.5.